The third-order valence-corrected chi connectivity index (χ3v) is 10.1. The lowest BCUT2D eigenvalue weighted by Gasteiger charge is -2.15. The van der Waals surface area contributed by atoms with Crippen LogP contribution in [0.25, 0.3) is 21.5 Å². The van der Waals surface area contributed by atoms with Crippen LogP contribution >= 0.6 is 0 Å². The molecule has 0 aliphatic carbocycles. The quantitative estimate of drug-likeness (QED) is 0.113. The minimum atomic E-state index is -0.151. The van der Waals surface area contributed by atoms with Gasteiger partial charge in [0.1, 0.15) is 23.0 Å². The summed E-state index contributed by atoms with van der Waals surface area (Å²) in [5.41, 5.74) is 4.04. The molecule has 0 aliphatic rings. The van der Waals surface area contributed by atoms with Crippen LogP contribution < -0.4 is 18.9 Å². The van der Waals surface area contributed by atoms with Gasteiger partial charge in [0, 0.05) is 33.0 Å². The number of carbonyl (C=O) groups is 4. The van der Waals surface area contributed by atoms with E-state index in [0.29, 0.717) is 78.3 Å². The summed E-state index contributed by atoms with van der Waals surface area (Å²) in [6.45, 7) is 0. The van der Waals surface area contributed by atoms with Crippen LogP contribution in [-0.4, -0.2) is 51.6 Å². The first-order valence-corrected chi connectivity index (χ1v) is 19.0. The number of rotatable bonds is 12. The summed E-state index contributed by atoms with van der Waals surface area (Å²) in [4.78, 5) is 52.7. The van der Waals surface area contributed by atoms with Crippen molar-refractivity contribution < 1.29 is 38.1 Å². The molecular formula is C52H40O8. The average Bonchev–Trinajstić information content (AvgIpc) is 3.32. The molecular weight excluding hydrogens is 753 g/mol. The summed E-state index contributed by atoms with van der Waals surface area (Å²) in [7, 11) is 6.10. The molecule has 8 nitrogen and oxygen atoms in total. The van der Waals surface area contributed by atoms with Gasteiger partial charge in [-0.3, -0.25) is 19.2 Å². The zero-order valence-electron chi connectivity index (χ0n) is 33.4. The van der Waals surface area contributed by atoms with Gasteiger partial charge in [-0.1, -0.05) is 133 Å². The molecule has 0 radical (unpaired) electrons. The highest BCUT2D eigenvalue weighted by atomic mass is 16.5. The maximum Gasteiger partial charge on any atom is 0.197 e. The van der Waals surface area contributed by atoms with Crippen molar-refractivity contribution >= 4 is 44.7 Å². The Labute approximate surface area is 347 Å². The van der Waals surface area contributed by atoms with Crippen LogP contribution in [0.5, 0.6) is 23.0 Å². The lowest BCUT2D eigenvalue weighted by atomic mass is 9.93. The molecule has 0 amide bonds. The number of methoxy groups -OCH3 is 4. The molecule has 0 heterocycles. The van der Waals surface area contributed by atoms with Crippen molar-refractivity contribution in [3.05, 3.63) is 214 Å². The van der Waals surface area contributed by atoms with Crippen molar-refractivity contribution in [2.24, 2.45) is 0 Å². The first-order valence-electron chi connectivity index (χ1n) is 19.0. The van der Waals surface area contributed by atoms with E-state index in [2.05, 4.69) is 0 Å². The molecule has 0 unspecified atom stereocenters. The molecule has 296 valence electrons. The standard InChI is InChI=1S/2C26H20O4/c2*1-29-22-14-13-19-15-21(25(27)17-9-5-3-6-10-17)23(30-2)16-20(19)24(22)26(28)18-11-7-4-8-12-18/h2*3-16H,1-2H3. The monoisotopic (exact) mass is 792 g/mol. The van der Waals surface area contributed by atoms with Gasteiger partial charge < -0.3 is 18.9 Å². The van der Waals surface area contributed by atoms with E-state index in [1.54, 1.807) is 84.9 Å². The van der Waals surface area contributed by atoms with E-state index in [0.717, 1.165) is 10.8 Å². The number of hydrogen-bond donors (Lipinski definition) is 0. The van der Waals surface area contributed by atoms with Crippen LogP contribution in [0.1, 0.15) is 63.7 Å². The van der Waals surface area contributed by atoms with Gasteiger partial charge in [0.05, 0.1) is 50.7 Å². The van der Waals surface area contributed by atoms with Crippen LogP contribution in [0, 0.1) is 0 Å². The first kappa shape index (κ1) is 40.4. The van der Waals surface area contributed by atoms with Gasteiger partial charge in [-0.05, 0) is 47.2 Å². The maximum atomic E-state index is 13.3. The van der Waals surface area contributed by atoms with Crippen LogP contribution in [0.4, 0.5) is 0 Å². The van der Waals surface area contributed by atoms with Gasteiger partial charge >= 0.3 is 0 Å². The minimum Gasteiger partial charge on any atom is -0.496 e. The third kappa shape index (κ3) is 8.12. The molecule has 0 aliphatic heterocycles. The molecule has 0 spiro atoms. The Morgan fingerprint density at radius 2 is 0.600 bits per heavy atom. The molecule has 8 aromatic carbocycles. The fraction of sp³-hybridized carbons (Fsp3) is 0.0769. The Balaban J connectivity index is 0.000000181. The number of ketones is 4. The molecule has 8 aromatic rings. The summed E-state index contributed by atoms with van der Waals surface area (Å²) in [6, 6.07) is 50.4. The van der Waals surface area contributed by atoms with Crippen molar-refractivity contribution in [1.82, 2.24) is 0 Å². The number of fused-ring (bicyclic) bond motifs is 2. The molecule has 0 aromatic heterocycles. The second-order valence-corrected chi connectivity index (χ2v) is 13.6. The highest BCUT2D eigenvalue weighted by molar-refractivity contribution is 6.21. The van der Waals surface area contributed by atoms with E-state index >= 15 is 0 Å². The molecule has 0 fully saturated rings. The van der Waals surface area contributed by atoms with Gasteiger partial charge in [-0.25, -0.2) is 0 Å². The van der Waals surface area contributed by atoms with Crippen LogP contribution in [0.3, 0.4) is 0 Å². The summed E-state index contributed by atoms with van der Waals surface area (Å²) < 4.78 is 22.1. The topological polar surface area (TPSA) is 105 Å². The van der Waals surface area contributed by atoms with E-state index in [-0.39, 0.29) is 23.1 Å². The lowest BCUT2D eigenvalue weighted by molar-refractivity contribution is 0.102. The van der Waals surface area contributed by atoms with E-state index < -0.39 is 0 Å². The van der Waals surface area contributed by atoms with Gasteiger partial charge in [0.2, 0.25) is 0 Å². The number of hydrogen-bond acceptors (Lipinski definition) is 8. The molecule has 0 bridgehead atoms. The predicted octanol–water partition coefficient (Wildman–Crippen LogP) is 10.6. The molecule has 60 heavy (non-hydrogen) atoms. The summed E-state index contributed by atoms with van der Waals surface area (Å²) in [6.07, 6.45) is 0. The normalized spacial score (nSPS) is 10.6. The van der Waals surface area contributed by atoms with Crippen molar-refractivity contribution in [3.8, 4) is 23.0 Å². The second kappa shape index (κ2) is 18.2. The Bertz CT molecular complexity index is 2650. The first-order chi connectivity index (χ1) is 29.3. The minimum absolute atomic E-state index is 0.138. The SMILES string of the molecule is COc1cc2c(C(=O)c3ccccc3)c(OC)ccc2cc1C(=O)c1ccccc1.COc1cc2c(C(=O)c3ccccc3)c(OC)ccc2cc1C(=O)c1ccccc1. The molecule has 0 atom stereocenters. The smallest absolute Gasteiger partial charge is 0.197 e. The van der Waals surface area contributed by atoms with E-state index in [1.165, 1.54) is 28.4 Å². The average molecular weight is 793 g/mol. The van der Waals surface area contributed by atoms with E-state index in [1.807, 2.05) is 84.9 Å². The summed E-state index contributed by atoms with van der Waals surface area (Å²) >= 11 is 0. The van der Waals surface area contributed by atoms with Gasteiger partial charge in [0.15, 0.2) is 23.1 Å². The van der Waals surface area contributed by atoms with Crippen LogP contribution in [-0.2, 0) is 0 Å². The van der Waals surface area contributed by atoms with Crippen molar-refractivity contribution in [2.45, 2.75) is 0 Å². The fourth-order valence-corrected chi connectivity index (χ4v) is 7.12. The van der Waals surface area contributed by atoms with Gasteiger partial charge in [0.25, 0.3) is 0 Å². The van der Waals surface area contributed by atoms with E-state index in [4.69, 9.17) is 18.9 Å². The number of benzene rings is 8. The Morgan fingerprint density at radius 1 is 0.317 bits per heavy atom. The van der Waals surface area contributed by atoms with Crippen molar-refractivity contribution in [1.29, 1.82) is 0 Å². The lowest BCUT2D eigenvalue weighted by Crippen LogP contribution is -2.07. The summed E-state index contributed by atoms with van der Waals surface area (Å²) in [5.74, 6) is 1.19. The summed E-state index contributed by atoms with van der Waals surface area (Å²) in [5, 5.41) is 2.86. The second-order valence-electron chi connectivity index (χ2n) is 13.6. The molecule has 8 rings (SSSR count). The van der Waals surface area contributed by atoms with Crippen LogP contribution in [0.15, 0.2) is 170 Å². The number of ether oxygens (including phenoxy) is 4. The molecule has 0 N–H and O–H groups in total. The van der Waals surface area contributed by atoms with Gasteiger partial charge in [-0.2, -0.15) is 0 Å². The Hall–Kier alpha value is -7.84. The highest BCUT2D eigenvalue weighted by Gasteiger charge is 2.24. The third-order valence-electron chi connectivity index (χ3n) is 10.1. The predicted molar refractivity (Wildman–Crippen MR) is 234 cm³/mol. The largest absolute Gasteiger partial charge is 0.496 e. The zero-order valence-corrected chi connectivity index (χ0v) is 33.4. The highest BCUT2D eigenvalue weighted by Crippen LogP contribution is 2.37. The van der Waals surface area contributed by atoms with E-state index in [9.17, 15) is 19.2 Å². The van der Waals surface area contributed by atoms with Crippen LogP contribution in [0.2, 0.25) is 0 Å². The fourth-order valence-electron chi connectivity index (χ4n) is 7.12. The van der Waals surface area contributed by atoms with Gasteiger partial charge in [-0.15, -0.1) is 0 Å². The molecule has 0 saturated heterocycles. The Kier molecular flexibility index (Phi) is 12.2. The van der Waals surface area contributed by atoms with Crippen molar-refractivity contribution in [2.75, 3.05) is 28.4 Å². The van der Waals surface area contributed by atoms with Crippen molar-refractivity contribution in [3.63, 3.8) is 0 Å². The number of carbonyl (C=O) groups excluding carboxylic acids is 4. The zero-order chi connectivity index (χ0) is 42.2. The Morgan fingerprint density at radius 3 is 0.883 bits per heavy atom. The molecule has 0 saturated carbocycles. The maximum absolute atomic E-state index is 13.3. The molecule has 8 heteroatoms.